The van der Waals surface area contributed by atoms with Crippen molar-refractivity contribution in [1.29, 1.82) is 0 Å². The Labute approximate surface area is 140 Å². The van der Waals surface area contributed by atoms with E-state index >= 15 is 0 Å². The highest BCUT2D eigenvalue weighted by Crippen LogP contribution is 2.19. The van der Waals surface area contributed by atoms with E-state index in [0.29, 0.717) is 32.3 Å². The topological polar surface area (TPSA) is 54.9 Å². The highest BCUT2D eigenvalue weighted by Gasteiger charge is 2.26. The van der Waals surface area contributed by atoms with Crippen LogP contribution < -0.4 is 15.4 Å². The highest BCUT2D eigenvalue weighted by atomic mass is 19.4. The molecular weight excluding hydrogens is 323 g/mol. The molecule has 2 N–H and O–H groups in total. The largest absolute Gasteiger partial charge is 0.496 e. The van der Waals surface area contributed by atoms with Gasteiger partial charge in [0.15, 0.2) is 5.96 Å². The van der Waals surface area contributed by atoms with Crippen LogP contribution in [0.1, 0.15) is 18.9 Å². The quantitative estimate of drug-likeness (QED) is 0.410. The smallest absolute Gasteiger partial charge is 0.390 e. The summed E-state index contributed by atoms with van der Waals surface area (Å²) in [6.45, 7) is 3.34. The van der Waals surface area contributed by atoms with Gasteiger partial charge in [0.2, 0.25) is 0 Å². The summed E-state index contributed by atoms with van der Waals surface area (Å²) in [5.74, 6) is 1.11. The third kappa shape index (κ3) is 8.61. The van der Waals surface area contributed by atoms with Crippen molar-refractivity contribution in [3.05, 3.63) is 29.8 Å². The van der Waals surface area contributed by atoms with Crippen LogP contribution in [0.25, 0.3) is 0 Å². The molecule has 0 bridgehead atoms. The fourth-order valence-corrected chi connectivity index (χ4v) is 1.88. The Kier molecular flexibility index (Phi) is 8.99. The molecule has 0 spiro atoms. The lowest BCUT2D eigenvalue weighted by molar-refractivity contribution is -0.132. The van der Waals surface area contributed by atoms with Crippen LogP contribution in [0.4, 0.5) is 13.2 Å². The SMILES string of the molecule is CCNC(=NCCC(F)(F)F)NCCOCc1ccccc1OC. The number of halogens is 3. The average molecular weight is 347 g/mol. The van der Waals surface area contributed by atoms with Gasteiger partial charge in [-0.1, -0.05) is 18.2 Å². The lowest BCUT2D eigenvalue weighted by atomic mass is 10.2. The van der Waals surface area contributed by atoms with Crippen LogP contribution in [0.3, 0.4) is 0 Å². The van der Waals surface area contributed by atoms with E-state index in [9.17, 15) is 13.2 Å². The Bertz CT molecular complexity index is 508. The Balaban J connectivity index is 2.31. The Hall–Kier alpha value is -1.96. The molecule has 0 aliphatic carbocycles. The third-order valence-electron chi connectivity index (χ3n) is 3.00. The molecule has 1 aromatic carbocycles. The predicted octanol–water partition coefficient (Wildman–Crippen LogP) is 2.72. The van der Waals surface area contributed by atoms with Gasteiger partial charge in [0, 0.05) is 18.7 Å². The van der Waals surface area contributed by atoms with Gasteiger partial charge < -0.3 is 20.1 Å². The van der Waals surface area contributed by atoms with Crippen molar-refractivity contribution < 1.29 is 22.6 Å². The molecule has 1 aromatic rings. The lowest BCUT2D eigenvalue weighted by Gasteiger charge is -2.12. The average Bonchev–Trinajstić information content (AvgIpc) is 2.53. The van der Waals surface area contributed by atoms with E-state index in [-0.39, 0.29) is 6.54 Å². The van der Waals surface area contributed by atoms with Crippen molar-refractivity contribution in [2.75, 3.05) is 33.4 Å². The Morgan fingerprint density at radius 2 is 1.96 bits per heavy atom. The molecule has 0 aromatic heterocycles. The van der Waals surface area contributed by atoms with Crippen molar-refractivity contribution in [3.8, 4) is 5.75 Å². The molecule has 0 aliphatic rings. The fourth-order valence-electron chi connectivity index (χ4n) is 1.88. The van der Waals surface area contributed by atoms with Gasteiger partial charge in [-0.3, -0.25) is 4.99 Å². The second-order valence-corrected chi connectivity index (χ2v) is 4.92. The number of rotatable bonds is 9. The molecule has 5 nitrogen and oxygen atoms in total. The summed E-state index contributed by atoms with van der Waals surface area (Å²) in [5, 5.41) is 5.83. The number of nitrogens with zero attached hydrogens (tertiary/aromatic N) is 1. The molecule has 0 fully saturated rings. The number of methoxy groups -OCH3 is 1. The van der Waals surface area contributed by atoms with Crippen molar-refractivity contribution >= 4 is 5.96 Å². The van der Waals surface area contributed by atoms with Gasteiger partial charge >= 0.3 is 6.18 Å². The van der Waals surface area contributed by atoms with Gasteiger partial charge in [0.05, 0.1) is 33.3 Å². The molecule has 0 heterocycles. The maximum atomic E-state index is 12.1. The van der Waals surface area contributed by atoms with E-state index in [1.807, 2.05) is 31.2 Å². The second kappa shape index (κ2) is 10.7. The van der Waals surface area contributed by atoms with Gasteiger partial charge in [-0.2, -0.15) is 13.2 Å². The molecular formula is C16H24F3N3O2. The Morgan fingerprint density at radius 1 is 1.21 bits per heavy atom. The summed E-state index contributed by atoms with van der Waals surface area (Å²) in [7, 11) is 1.60. The predicted molar refractivity (Wildman–Crippen MR) is 87.3 cm³/mol. The summed E-state index contributed by atoms with van der Waals surface area (Å²) in [4.78, 5) is 3.88. The number of hydrogen-bond donors (Lipinski definition) is 2. The number of alkyl halides is 3. The van der Waals surface area contributed by atoms with Crippen LogP contribution in [0, 0.1) is 0 Å². The standard InChI is InChI=1S/C16H24F3N3O2/c1-3-20-15(21-9-8-16(17,18)19)22-10-11-24-12-13-6-4-5-7-14(13)23-2/h4-7H,3,8-12H2,1-2H3,(H2,20,21,22). The minimum atomic E-state index is -4.20. The van der Waals surface area contributed by atoms with Gasteiger partial charge in [-0.25, -0.2) is 0 Å². The van der Waals surface area contributed by atoms with Crippen molar-refractivity contribution in [3.63, 3.8) is 0 Å². The van der Waals surface area contributed by atoms with E-state index in [2.05, 4.69) is 15.6 Å². The van der Waals surface area contributed by atoms with Crippen molar-refractivity contribution in [1.82, 2.24) is 10.6 Å². The third-order valence-corrected chi connectivity index (χ3v) is 3.00. The van der Waals surface area contributed by atoms with Crippen LogP contribution in [0.5, 0.6) is 5.75 Å². The molecule has 1 rings (SSSR count). The molecule has 0 saturated carbocycles. The van der Waals surface area contributed by atoms with E-state index in [1.165, 1.54) is 0 Å². The zero-order valence-electron chi connectivity index (χ0n) is 13.9. The van der Waals surface area contributed by atoms with E-state index < -0.39 is 12.6 Å². The molecule has 136 valence electrons. The minimum Gasteiger partial charge on any atom is -0.496 e. The highest BCUT2D eigenvalue weighted by molar-refractivity contribution is 5.79. The molecule has 0 amide bonds. The summed E-state index contributed by atoms with van der Waals surface area (Å²) in [6, 6.07) is 7.54. The van der Waals surface area contributed by atoms with Crippen LogP contribution in [-0.2, 0) is 11.3 Å². The first-order valence-corrected chi connectivity index (χ1v) is 7.75. The number of guanidine groups is 1. The van der Waals surface area contributed by atoms with Gasteiger partial charge in [0.25, 0.3) is 0 Å². The number of para-hydroxylation sites is 1. The summed E-state index contributed by atoms with van der Waals surface area (Å²) in [5.41, 5.74) is 0.936. The number of aliphatic imine (C=N–C) groups is 1. The van der Waals surface area contributed by atoms with Gasteiger partial charge in [-0.05, 0) is 13.0 Å². The van der Waals surface area contributed by atoms with Gasteiger partial charge in [-0.15, -0.1) is 0 Å². The van der Waals surface area contributed by atoms with E-state index in [0.717, 1.165) is 11.3 Å². The number of benzene rings is 1. The first-order chi connectivity index (χ1) is 11.5. The zero-order valence-corrected chi connectivity index (χ0v) is 13.9. The number of ether oxygens (including phenoxy) is 2. The molecule has 0 saturated heterocycles. The molecule has 8 heteroatoms. The first-order valence-electron chi connectivity index (χ1n) is 7.75. The van der Waals surface area contributed by atoms with Crippen LogP contribution in [-0.4, -0.2) is 45.5 Å². The number of nitrogens with one attached hydrogen (secondary N) is 2. The minimum absolute atomic E-state index is 0.305. The molecule has 0 unspecified atom stereocenters. The molecule has 0 radical (unpaired) electrons. The molecule has 24 heavy (non-hydrogen) atoms. The van der Waals surface area contributed by atoms with Crippen molar-refractivity contribution in [2.24, 2.45) is 4.99 Å². The fraction of sp³-hybridized carbons (Fsp3) is 0.562. The lowest BCUT2D eigenvalue weighted by Crippen LogP contribution is -2.39. The summed E-state index contributed by atoms with van der Waals surface area (Å²) in [6.07, 6.45) is -5.13. The maximum Gasteiger partial charge on any atom is 0.390 e. The second-order valence-electron chi connectivity index (χ2n) is 4.92. The normalized spacial score (nSPS) is 12.1. The van der Waals surface area contributed by atoms with E-state index in [1.54, 1.807) is 7.11 Å². The van der Waals surface area contributed by atoms with Crippen LogP contribution >= 0.6 is 0 Å². The van der Waals surface area contributed by atoms with E-state index in [4.69, 9.17) is 9.47 Å². The first kappa shape index (κ1) is 20.1. The molecule has 0 aliphatic heterocycles. The van der Waals surface area contributed by atoms with Crippen LogP contribution in [0.2, 0.25) is 0 Å². The van der Waals surface area contributed by atoms with Crippen LogP contribution in [0.15, 0.2) is 29.3 Å². The monoisotopic (exact) mass is 347 g/mol. The van der Waals surface area contributed by atoms with Gasteiger partial charge in [0.1, 0.15) is 5.75 Å². The van der Waals surface area contributed by atoms with Crippen molar-refractivity contribution in [2.45, 2.75) is 26.1 Å². The number of hydrogen-bond acceptors (Lipinski definition) is 3. The summed E-state index contributed by atoms with van der Waals surface area (Å²) >= 11 is 0. The molecule has 0 atom stereocenters. The zero-order chi connectivity index (χ0) is 17.8. The maximum absolute atomic E-state index is 12.1. The Morgan fingerprint density at radius 3 is 2.62 bits per heavy atom. The summed E-state index contributed by atoms with van der Waals surface area (Å²) < 4.78 is 47.2.